The van der Waals surface area contributed by atoms with Crippen LogP contribution in [0.25, 0.3) is 0 Å². The van der Waals surface area contributed by atoms with Gasteiger partial charge in [0.15, 0.2) is 0 Å². The van der Waals surface area contributed by atoms with E-state index in [-0.39, 0.29) is 23.7 Å². The molecule has 0 amide bonds. The maximum atomic E-state index is 12.9. The first-order valence-electron chi connectivity index (χ1n) is 7.69. The summed E-state index contributed by atoms with van der Waals surface area (Å²) in [5.74, 6) is -1.10. The van der Waals surface area contributed by atoms with Crippen molar-refractivity contribution < 1.29 is 14.3 Å². The van der Waals surface area contributed by atoms with E-state index in [1.54, 1.807) is 6.07 Å². The first kappa shape index (κ1) is 15.9. The van der Waals surface area contributed by atoms with E-state index in [1.807, 2.05) is 6.92 Å². The molecule has 0 aliphatic heterocycles. The van der Waals surface area contributed by atoms with Gasteiger partial charge < -0.3 is 10.4 Å². The van der Waals surface area contributed by atoms with Crippen LogP contribution in [0.15, 0.2) is 18.3 Å². The number of hydrogen-bond donors (Lipinski definition) is 2. The topological polar surface area (TPSA) is 62.2 Å². The zero-order valence-corrected chi connectivity index (χ0v) is 12.4. The van der Waals surface area contributed by atoms with E-state index in [4.69, 9.17) is 0 Å². The lowest BCUT2D eigenvalue weighted by Gasteiger charge is -2.30. The Kier molecular flexibility index (Phi) is 5.67. The minimum atomic E-state index is -0.686. The monoisotopic (exact) mass is 294 g/mol. The number of hydrogen-bond acceptors (Lipinski definition) is 3. The fraction of sp³-hybridized carbons (Fsp3) is 0.625. The van der Waals surface area contributed by atoms with Crippen LogP contribution in [0.4, 0.5) is 4.39 Å². The highest BCUT2D eigenvalue weighted by molar-refractivity contribution is 5.70. The van der Waals surface area contributed by atoms with Gasteiger partial charge in [0.1, 0.15) is 5.82 Å². The van der Waals surface area contributed by atoms with Crippen LogP contribution in [0, 0.1) is 17.7 Å². The Morgan fingerprint density at radius 1 is 1.48 bits per heavy atom. The van der Waals surface area contributed by atoms with Crippen molar-refractivity contribution in [3.63, 3.8) is 0 Å². The molecule has 21 heavy (non-hydrogen) atoms. The minimum absolute atomic E-state index is 0.0435. The van der Waals surface area contributed by atoms with Crippen LogP contribution >= 0.6 is 0 Å². The summed E-state index contributed by atoms with van der Waals surface area (Å²) in [5.41, 5.74) is 0.807. The van der Waals surface area contributed by atoms with Crippen molar-refractivity contribution in [2.24, 2.45) is 11.8 Å². The Morgan fingerprint density at radius 2 is 2.24 bits per heavy atom. The molecular weight excluding hydrogens is 271 g/mol. The molecule has 4 nitrogen and oxygen atoms in total. The summed E-state index contributed by atoms with van der Waals surface area (Å²) in [7, 11) is 0. The third kappa shape index (κ3) is 4.24. The third-order valence-electron chi connectivity index (χ3n) is 4.37. The molecule has 1 aromatic rings. The van der Waals surface area contributed by atoms with Crippen LogP contribution in [0.5, 0.6) is 0 Å². The van der Waals surface area contributed by atoms with E-state index in [9.17, 15) is 14.3 Å². The van der Waals surface area contributed by atoms with Gasteiger partial charge in [0, 0.05) is 6.04 Å². The first-order valence-corrected chi connectivity index (χ1v) is 7.69. The molecule has 0 spiro atoms. The molecule has 3 atom stereocenters. The summed E-state index contributed by atoms with van der Waals surface area (Å²) in [6, 6.07) is 3.14. The maximum absolute atomic E-state index is 12.9. The van der Waals surface area contributed by atoms with Gasteiger partial charge in [-0.1, -0.05) is 19.8 Å². The standard InChI is InChI=1S/C16H23FN2O2/c1-2-14(15-8-7-12(17)10-19-15)18-9-11-5-3-4-6-13(11)16(20)21/h7-8,10-11,13-14,18H,2-6,9H2,1H3,(H,20,21). The molecule has 0 saturated heterocycles. The van der Waals surface area contributed by atoms with Crippen molar-refractivity contribution >= 4 is 5.97 Å². The number of nitrogens with one attached hydrogen (secondary N) is 1. The smallest absolute Gasteiger partial charge is 0.306 e. The number of carbonyl (C=O) groups is 1. The molecule has 1 aliphatic carbocycles. The van der Waals surface area contributed by atoms with E-state index < -0.39 is 5.97 Å². The van der Waals surface area contributed by atoms with Crippen molar-refractivity contribution in [1.82, 2.24) is 10.3 Å². The van der Waals surface area contributed by atoms with Crippen molar-refractivity contribution in [3.05, 3.63) is 29.8 Å². The highest BCUT2D eigenvalue weighted by Gasteiger charge is 2.30. The van der Waals surface area contributed by atoms with E-state index in [2.05, 4.69) is 10.3 Å². The van der Waals surface area contributed by atoms with Crippen molar-refractivity contribution in [2.45, 2.75) is 45.1 Å². The average molecular weight is 294 g/mol. The summed E-state index contributed by atoms with van der Waals surface area (Å²) >= 11 is 0. The lowest BCUT2D eigenvalue weighted by atomic mass is 9.79. The minimum Gasteiger partial charge on any atom is -0.481 e. The van der Waals surface area contributed by atoms with Crippen LogP contribution in [0.1, 0.15) is 50.8 Å². The third-order valence-corrected chi connectivity index (χ3v) is 4.37. The van der Waals surface area contributed by atoms with E-state index in [0.717, 1.165) is 37.8 Å². The second-order valence-electron chi connectivity index (χ2n) is 5.76. The van der Waals surface area contributed by atoms with Crippen LogP contribution in [0.3, 0.4) is 0 Å². The Hall–Kier alpha value is -1.49. The lowest BCUT2D eigenvalue weighted by Crippen LogP contribution is -2.36. The Labute approximate surface area is 124 Å². The fourth-order valence-electron chi connectivity index (χ4n) is 3.12. The number of rotatable bonds is 6. The lowest BCUT2D eigenvalue weighted by molar-refractivity contribution is -0.144. The number of carboxylic acids is 1. The van der Waals surface area contributed by atoms with Crippen molar-refractivity contribution in [3.8, 4) is 0 Å². The van der Waals surface area contributed by atoms with Gasteiger partial charge in [0.05, 0.1) is 17.8 Å². The number of nitrogens with zero attached hydrogens (tertiary/aromatic N) is 1. The second-order valence-corrected chi connectivity index (χ2v) is 5.76. The summed E-state index contributed by atoms with van der Waals surface area (Å²) in [6.45, 7) is 2.72. The molecule has 1 aromatic heterocycles. The van der Waals surface area contributed by atoms with Crippen LogP contribution in [-0.2, 0) is 4.79 Å². The molecule has 1 aliphatic rings. The van der Waals surface area contributed by atoms with E-state index in [1.165, 1.54) is 12.3 Å². The molecule has 1 saturated carbocycles. The molecule has 116 valence electrons. The van der Waals surface area contributed by atoms with Gasteiger partial charge in [-0.15, -0.1) is 0 Å². The summed E-state index contributed by atoms with van der Waals surface area (Å²) in [4.78, 5) is 15.4. The van der Waals surface area contributed by atoms with Crippen molar-refractivity contribution in [2.75, 3.05) is 6.54 Å². The number of pyridine rings is 1. The van der Waals surface area contributed by atoms with Crippen molar-refractivity contribution in [1.29, 1.82) is 0 Å². The Balaban J connectivity index is 1.95. The predicted octanol–water partition coefficient (Wildman–Crippen LogP) is 3.15. The molecule has 2 N–H and O–H groups in total. The fourth-order valence-corrected chi connectivity index (χ4v) is 3.12. The van der Waals surface area contributed by atoms with Gasteiger partial charge in [-0.3, -0.25) is 9.78 Å². The predicted molar refractivity (Wildman–Crippen MR) is 78.3 cm³/mol. The normalized spacial score (nSPS) is 23.7. The van der Waals surface area contributed by atoms with Crippen LogP contribution < -0.4 is 5.32 Å². The summed E-state index contributed by atoms with van der Waals surface area (Å²) in [6.07, 6.45) is 5.89. The molecule has 1 fully saturated rings. The number of carboxylic acid groups (broad SMARTS) is 1. The maximum Gasteiger partial charge on any atom is 0.306 e. The molecule has 1 heterocycles. The van der Waals surface area contributed by atoms with E-state index in [0.29, 0.717) is 6.54 Å². The zero-order chi connectivity index (χ0) is 15.2. The Bertz CT molecular complexity index is 464. The molecule has 2 rings (SSSR count). The molecule has 0 bridgehead atoms. The number of aromatic nitrogens is 1. The van der Waals surface area contributed by atoms with Gasteiger partial charge in [-0.2, -0.15) is 0 Å². The zero-order valence-electron chi connectivity index (χ0n) is 12.4. The highest BCUT2D eigenvalue weighted by Crippen LogP contribution is 2.30. The van der Waals surface area contributed by atoms with Gasteiger partial charge in [0.25, 0.3) is 0 Å². The van der Waals surface area contributed by atoms with Gasteiger partial charge in [-0.05, 0) is 43.9 Å². The van der Waals surface area contributed by atoms with Gasteiger partial charge in [-0.25, -0.2) is 4.39 Å². The first-order chi connectivity index (χ1) is 10.1. The average Bonchev–Trinajstić information content (AvgIpc) is 2.50. The number of halogens is 1. The quantitative estimate of drug-likeness (QED) is 0.846. The van der Waals surface area contributed by atoms with E-state index >= 15 is 0 Å². The van der Waals surface area contributed by atoms with Gasteiger partial charge in [0.2, 0.25) is 0 Å². The summed E-state index contributed by atoms with van der Waals surface area (Å²) in [5, 5.41) is 12.7. The highest BCUT2D eigenvalue weighted by atomic mass is 19.1. The molecule has 0 radical (unpaired) electrons. The Morgan fingerprint density at radius 3 is 2.86 bits per heavy atom. The molecule has 5 heteroatoms. The van der Waals surface area contributed by atoms with Crippen LogP contribution in [0.2, 0.25) is 0 Å². The van der Waals surface area contributed by atoms with Crippen LogP contribution in [-0.4, -0.2) is 22.6 Å². The van der Waals surface area contributed by atoms with Gasteiger partial charge >= 0.3 is 5.97 Å². The molecule has 3 unspecified atom stereocenters. The SMILES string of the molecule is CCC(NCC1CCCCC1C(=O)O)c1ccc(F)cn1. The second kappa shape index (κ2) is 7.50. The molecule has 0 aromatic carbocycles. The largest absolute Gasteiger partial charge is 0.481 e. The number of aliphatic carboxylic acids is 1. The molecular formula is C16H23FN2O2. The summed E-state index contributed by atoms with van der Waals surface area (Å²) < 4.78 is 12.9.